The summed E-state index contributed by atoms with van der Waals surface area (Å²) in [5.41, 5.74) is 2.21. The summed E-state index contributed by atoms with van der Waals surface area (Å²) < 4.78 is 34.4. The SMILES string of the molecule is COc1ccccc1C1CNCCN1Cc1ccc(OC(F)F)cc1.Cl. The minimum atomic E-state index is -2.80. The van der Waals surface area contributed by atoms with Gasteiger partial charge >= 0.3 is 6.61 Å². The molecular weight excluding hydrogens is 362 g/mol. The number of alkyl halides is 2. The minimum absolute atomic E-state index is 0. The fourth-order valence-electron chi connectivity index (χ4n) is 3.19. The third-order valence-electron chi connectivity index (χ3n) is 4.39. The van der Waals surface area contributed by atoms with Crippen LogP contribution in [0, 0.1) is 0 Å². The second-order valence-corrected chi connectivity index (χ2v) is 5.95. The van der Waals surface area contributed by atoms with Crippen molar-refractivity contribution in [2.75, 3.05) is 26.7 Å². The first-order chi connectivity index (χ1) is 12.2. The van der Waals surface area contributed by atoms with E-state index in [0.717, 1.165) is 43.1 Å². The second kappa shape index (κ2) is 9.71. The van der Waals surface area contributed by atoms with Gasteiger partial charge in [-0.05, 0) is 23.8 Å². The van der Waals surface area contributed by atoms with Gasteiger partial charge in [-0.3, -0.25) is 4.90 Å². The Morgan fingerprint density at radius 3 is 2.58 bits per heavy atom. The number of piperazine rings is 1. The van der Waals surface area contributed by atoms with Gasteiger partial charge in [0.15, 0.2) is 0 Å². The molecule has 1 atom stereocenters. The summed E-state index contributed by atoms with van der Waals surface area (Å²) in [5.74, 6) is 1.06. The summed E-state index contributed by atoms with van der Waals surface area (Å²) in [6, 6.07) is 15.1. The monoisotopic (exact) mass is 384 g/mol. The van der Waals surface area contributed by atoms with Crippen molar-refractivity contribution in [3.8, 4) is 11.5 Å². The maximum Gasteiger partial charge on any atom is 0.387 e. The van der Waals surface area contributed by atoms with E-state index in [-0.39, 0.29) is 24.2 Å². The highest BCUT2D eigenvalue weighted by Gasteiger charge is 2.26. The quantitative estimate of drug-likeness (QED) is 0.819. The van der Waals surface area contributed by atoms with Crippen LogP contribution in [0.3, 0.4) is 0 Å². The zero-order valence-corrected chi connectivity index (χ0v) is 15.3. The van der Waals surface area contributed by atoms with Gasteiger partial charge in [-0.15, -0.1) is 12.4 Å². The van der Waals surface area contributed by atoms with Crippen LogP contribution in [0.1, 0.15) is 17.2 Å². The maximum atomic E-state index is 12.3. The fourth-order valence-corrected chi connectivity index (χ4v) is 3.19. The van der Waals surface area contributed by atoms with E-state index in [1.54, 1.807) is 19.2 Å². The largest absolute Gasteiger partial charge is 0.496 e. The molecule has 0 bridgehead atoms. The molecule has 26 heavy (non-hydrogen) atoms. The van der Waals surface area contributed by atoms with E-state index in [2.05, 4.69) is 21.0 Å². The van der Waals surface area contributed by atoms with E-state index in [9.17, 15) is 8.78 Å². The number of ether oxygens (including phenoxy) is 2. The molecule has 0 aromatic heterocycles. The maximum absolute atomic E-state index is 12.3. The summed E-state index contributed by atoms with van der Waals surface area (Å²) in [4.78, 5) is 2.37. The Kier molecular flexibility index (Phi) is 7.63. The molecule has 2 aromatic carbocycles. The summed E-state index contributed by atoms with van der Waals surface area (Å²) in [6.45, 7) is 0.594. The molecule has 3 rings (SSSR count). The van der Waals surface area contributed by atoms with Crippen LogP contribution >= 0.6 is 12.4 Å². The number of methoxy groups -OCH3 is 1. The lowest BCUT2D eigenvalue weighted by molar-refractivity contribution is -0.0498. The Morgan fingerprint density at radius 1 is 1.15 bits per heavy atom. The average Bonchev–Trinajstić information content (AvgIpc) is 2.63. The molecule has 1 unspecified atom stereocenters. The molecule has 0 radical (unpaired) electrons. The minimum Gasteiger partial charge on any atom is -0.496 e. The Labute approximate surface area is 158 Å². The number of hydrogen-bond donors (Lipinski definition) is 1. The third kappa shape index (κ3) is 5.06. The highest BCUT2D eigenvalue weighted by atomic mass is 35.5. The standard InChI is InChI=1S/C19H22F2N2O2.ClH/c1-24-18-5-3-2-4-16(18)17-12-22-10-11-23(17)13-14-6-8-15(9-7-14)25-19(20)21;/h2-9,17,19,22H,10-13H2,1H3;1H. The van der Waals surface area contributed by atoms with Gasteiger partial charge in [-0.2, -0.15) is 8.78 Å². The van der Waals surface area contributed by atoms with Crippen molar-refractivity contribution in [2.45, 2.75) is 19.2 Å². The predicted octanol–water partition coefficient (Wildman–Crippen LogP) is 3.86. The Balaban J connectivity index is 0.00000243. The van der Waals surface area contributed by atoms with Gasteiger partial charge in [0, 0.05) is 31.7 Å². The second-order valence-electron chi connectivity index (χ2n) is 5.95. The van der Waals surface area contributed by atoms with Gasteiger partial charge in [0.1, 0.15) is 11.5 Å². The molecule has 7 heteroatoms. The van der Waals surface area contributed by atoms with Crippen molar-refractivity contribution in [3.63, 3.8) is 0 Å². The molecule has 0 amide bonds. The van der Waals surface area contributed by atoms with Crippen LogP contribution in [0.5, 0.6) is 11.5 Å². The molecular formula is C19H23ClF2N2O2. The number of nitrogens with zero attached hydrogens (tertiary/aromatic N) is 1. The topological polar surface area (TPSA) is 33.7 Å². The number of rotatable bonds is 6. The van der Waals surface area contributed by atoms with Gasteiger partial charge in [0.05, 0.1) is 13.2 Å². The number of halogens is 3. The normalized spacial score (nSPS) is 17.6. The van der Waals surface area contributed by atoms with E-state index in [1.807, 2.05) is 30.3 Å². The van der Waals surface area contributed by atoms with Gasteiger partial charge in [0.25, 0.3) is 0 Å². The molecule has 0 spiro atoms. The molecule has 142 valence electrons. The zero-order valence-electron chi connectivity index (χ0n) is 14.5. The smallest absolute Gasteiger partial charge is 0.387 e. The first kappa shape index (κ1) is 20.4. The molecule has 1 aliphatic rings. The van der Waals surface area contributed by atoms with Crippen LogP contribution in [-0.2, 0) is 6.54 Å². The summed E-state index contributed by atoms with van der Waals surface area (Å²) in [7, 11) is 1.68. The van der Waals surface area contributed by atoms with Crippen LogP contribution in [-0.4, -0.2) is 38.3 Å². The zero-order chi connectivity index (χ0) is 17.6. The Hall–Kier alpha value is -1.89. The number of benzene rings is 2. The third-order valence-corrected chi connectivity index (χ3v) is 4.39. The first-order valence-corrected chi connectivity index (χ1v) is 8.29. The van der Waals surface area contributed by atoms with Crippen molar-refractivity contribution in [1.82, 2.24) is 10.2 Å². The molecule has 1 heterocycles. The summed E-state index contributed by atoms with van der Waals surface area (Å²) >= 11 is 0. The van der Waals surface area contributed by atoms with Gasteiger partial charge in [-0.1, -0.05) is 30.3 Å². The van der Waals surface area contributed by atoms with E-state index in [4.69, 9.17) is 4.74 Å². The van der Waals surface area contributed by atoms with Gasteiger partial charge < -0.3 is 14.8 Å². The predicted molar refractivity (Wildman–Crippen MR) is 99.3 cm³/mol. The molecule has 1 fully saturated rings. The van der Waals surface area contributed by atoms with Crippen LogP contribution in [0.4, 0.5) is 8.78 Å². The molecule has 2 aromatic rings. The molecule has 1 saturated heterocycles. The lowest BCUT2D eigenvalue weighted by Gasteiger charge is -2.37. The van der Waals surface area contributed by atoms with Crippen LogP contribution in [0.25, 0.3) is 0 Å². The fraction of sp³-hybridized carbons (Fsp3) is 0.368. The van der Waals surface area contributed by atoms with Gasteiger partial charge in [0.2, 0.25) is 0 Å². The van der Waals surface area contributed by atoms with E-state index < -0.39 is 6.61 Å². The lowest BCUT2D eigenvalue weighted by atomic mass is 10.0. The van der Waals surface area contributed by atoms with E-state index in [0.29, 0.717) is 0 Å². The van der Waals surface area contributed by atoms with Crippen molar-refractivity contribution in [1.29, 1.82) is 0 Å². The van der Waals surface area contributed by atoms with Crippen molar-refractivity contribution < 1.29 is 18.3 Å². The number of para-hydroxylation sites is 1. The van der Waals surface area contributed by atoms with Crippen LogP contribution in [0.15, 0.2) is 48.5 Å². The number of hydrogen-bond acceptors (Lipinski definition) is 4. The lowest BCUT2D eigenvalue weighted by Crippen LogP contribution is -2.45. The highest BCUT2D eigenvalue weighted by molar-refractivity contribution is 5.85. The molecule has 0 aliphatic carbocycles. The number of nitrogens with one attached hydrogen (secondary N) is 1. The first-order valence-electron chi connectivity index (χ1n) is 8.29. The van der Waals surface area contributed by atoms with Crippen molar-refractivity contribution in [2.24, 2.45) is 0 Å². The summed E-state index contributed by atoms with van der Waals surface area (Å²) in [5, 5.41) is 3.43. The molecule has 1 N–H and O–H groups in total. The average molecular weight is 385 g/mol. The van der Waals surface area contributed by atoms with Crippen LogP contribution in [0.2, 0.25) is 0 Å². The highest BCUT2D eigenvalue weighted by Crippen LogP contribution is 2.31. The van der Waals surface area contributed by atoms with E-state index >= 15 is 0 Å². The van der Waals surface area contributed by atoms with Crippen LogP contribution < -0.4 is 14.8 Å². The Bertz CT molecular complexity index is 685. The Morgan fingerprint density at radius 2 is 1.88 bits per heavy atom. The summed E-state index contributed by atoms with van der Waals surface area (Å²) in [6.07, 6.45) is 0. The molecule has 4 nitrogen and oxygen atoms in total. The molecule has 1 aliphatic heterocycles. The molecule has 0 saturated carbocycles. The van der Waals surface area contributed by atoms with Gasteiger partial charge in [-0.25, -0.2) is 0 Å². The van der Waals surface area contributed by atoms with Crippen molar-refractivity contribution in [3.05, 3.63) is 59.7 Å². The van der Waals surface area contributed by atoms with Crippen molar-refractivity contribution >= 4 is 12.4 Å². The van der Waals surface area contributed by atoms with E-state index in [1.165, 1.54) is 0 Å².